The van der Waals surface area contributed by atoms with Gasteiger partial charge in [0, 0.05) is 37.9 Å². The molecule has 7 nitrogen and oxygen atoms in total. The summed E-state index contributed by atoms with van der Waals surface area (Å²) >= 11 is 0. The van der Waals surface area contributed by atoms with Crippen LogP contribution in [-0.2, 0) is 0 Å². The lowest BCUT2D eigenvalue weighted by Gasteiger charge is -2.36. The first-order valence-electron chi connectivity index (χ1n) is 8.25. The lowest BCUT2D eigenvalue weighted by atomic mass is 10.1. The quantitative estimate of drug-likeness (QED) is 0.911. The lowest BCUT2D eigenvalue weighted by Crippen LogP contribution is -2.50. The molecule has 0 unspecified atom stereocenters. The predicted octanol–water partition coefficient (Wildman–Crippen LogP) is 1.36. The van der Waals surface area contributed by atoms with Crippen molar-refractivity contribution in [2.75, 3.05) is 38.2 Å². The number of rotatable bonds is 3. The number of methoxy groups -OCH3 is 1. The van der Waals surface area contributed by atoms with Gasteiger partial charge in [-0.1, -0.05) is 6.07 Å². The highest BCUT2D eigenvalue weighted by Gasteiger charge is 2.26. The highest BCUT2D eigenvalue weighted by molar-refractivity contribution is 5.95. The summed E-state index contributed by atoms with van der Waals surface area (Å²) in [6.45, 7) is 6.09. The van der Waals surface area contributed by atoms with E-state index < -0.39 is 5.56 Å². The Morgan fingerprint density at radius 2 is 1.92 bits per heavy atom. The number of ether oxygens (including phenoxy) is 1. The van der Waals surface area contributed by atoms with Crippen molar-refractivity contribution < 1.29 is 9.53 Å². The van der Waals surface area contributed by atoms with Crippen molar-refractivity contribution in [3.05, 3.63) is 51.4 Å². The summed E-state index contributed by atoms with van der Waals surface area (Å²) in [6, 6.07) is 7.87. The van der Waals surface area contributed by atoms with Crippen LogP contribution in [0.5, 0.6) is 5.75 Å². The maximum atomic E-state index is 12.8. The van der Waals surface area contributed by atoms with E-state index in [4.69, 9.17) is 4.74 Å². The molecule has 3 rings (SSSR count). The topological polar surface area (TPSA) is 78.5 Å². The molecule has 1 amide bonds. The van der Waals surface area contributed by atoms with E-state index in [0.29, 0.717) is 37.4 Å². The van der Waals surface area contributed by atoms with Crippen LogP contribution >= 0.6 is 0 Å². The van der Waals surface area contributed by atoms with Gasteiger partial charge in [0.2, 0.25) is 0 Å². The Morgan fingerprint density at radius 1 is 1.20 bits per heavy atom. The van der Waals surface area contributed by atoms with Crippen LogP contribution in [0.4, 0.5) is 5.69 Å². The third-order valence-corrected chi connectivity index (χ3v) is 4.67. The number of hydrogen-bond acceptors (Lipinski definition) is 5. The van der Waals surface area contributed by atoms with Gasteiger partial charge in [-0.25, -0.2) is 5.10 Å². The van der Waals surface area contributed by atoms with E-state index in [1.807, 2.05) is 24.3 Å². The molecule has 1 fully saturated rings. The summed E-state index contributed by atoms with van der Waals surface area (Å²) in [7, 11) is 1.65. The fourth-order valence-electron chi connectivity index (χ4n) is 3.02. The van der Waals surface area contributed by atoms with Gasteiger partial charge in [-0.3, -0.25) is 9.59 Å². The molecule has 7 heteroatoms. The molecule has 1 aromatic carbocycles. The summed E-state index contributed by atoms with van der Waals surface area (Å²) in [5, 5.41) is 6.31. The number of anilines is 1. The average molecular weight is 342 g/mol. The molecular weight excluding hydrogens is 320 g/mol. The number of hydrogen-bond donors (Lipinski definition) is 1. The van der Waals surface area contributed by atoms with Crippen LogP contribution in [0.2, 0.25) is 0 Å². The number of nitrogens with one attached hydrogen (secondary N) is 1. The fourth-order valence-corrected chi connectivity index (χ4v) is 3.02. The molecule has 1 aliphatic heterocycles. The van der Waals surface area contributed by atoms with E-state index in [1.165, 1.54) is 0 Å². The van der Waals surface area contributed by atoms with Crippen LogP contribution in [0.1, 0.15) is 21.6 Å². The first-order valence-corrected chi connectivity index (χ1v) is 8.25. The van der Waals surface area contributed by atoms with Gasteiger partial charge in [-0.05, 0) is 31.5 Å². The Balaban J connectivity index is 1.73. The molecule has 1 saturated heterocycles. The number of aromatic nitrogens is 2. The monoisotopic (exact) mass is 342 g/mol. The van der Waals surface area contributed by atoms with Crippen LogP contribution in [0.25, 0.3) is 0 Å². The molecule has 1 aliphatic rings. The van der Waals surface area contributed by atoms with E-state index in [1.54, 1.807) is 25.9 Å². The van der Waals surface area contributed by atoms with Gasteiger partial charge in [-0.2, -0.15) is 5.10 Å². The van der Waals surface area contributed by atoms with E-state index in [0.717, 1.165) is 11.4 Å². The zero-order valence-corrected chi connectivity index (χ0v) is 14.7. The standard InChI is InChI=1S/C18H22N4O3/c1-12-13(2)19-20-17(23)16(12)18(24)22-9-7-21(8-10-22)14-5-4-6-15(11-14)25-3/h4-6,11H,7-10H2,1-3H3,(H,20,23). The van der Waals surface area contributed by atoms with Crippen LogP contribution in [0, 0.1) is 13.8 Å². The number of aromatic amines is 1. The Hall–Kier alpha value is -2.83. The summed E-state index contributed by atoms with van der Waals surface area (Å²) in [5.41, 5.74) is 2.15. The molecule has 0 radical (unpaired) electrons. The zero-order valence-electron chi connectivity index (χ0n) is 14.7. The number of benzene rings is 1. The Bertz CT molecular complexity index is 838. The second kappa shape index (κ2) is 6.96. The molecular formula is C18H22N4O3. The fraction of sp³-hybridized carbons (Fsp3) is 0.389. The minimum Gasteiger partial charge on any atom is -0.497 e. The second-order valence-corrected chi connectivity index (χ2v) is 6.12. The Kier molecular flexibility index (Phi) is 4.74. The first kappa shape index (κ1) is 17.0. The van der Waals surface area contributed by atoms with Crippen LogP contribution < -0.4 is 15.2 Å². The number of piperazine rings is 1. The molecule has 25 heavy (non-hydrogen) atoms. The number of carbonyl (C=O) groups is 1. The summed E-state index contributed by atoms with van der Waals surface area (Å²) in [5.74, 6) is 0.583. The van der Waals surface area contributed by atoms with E-state index in [9.17, 15) is 9.59 Å². The highest BCUT2D eigenvalue weighted by Crippen LogP contribution is 2.22. The third kappa shape index (κ3) is 3.35. The maximum Gasteiger partial charge on any atom is 0.277 e. The van der Waals surface area contributed by atoms with E-state index >= 15 is 0 Å². The smallest absolute Gasteiger partial charge is 0.277 e. The van der Waals surface area contributed by atoms with Crippen molar-refractivity contribution in [1.29, 1.82) is 0 Å². The van der Waals surface area contributed by atoms with Gasteiger partial charge in [0.1, 0.15) is 11.3 Å². The van der Waals surface area contributed by atoms with Crippen molar-refractivity contribution in [1.82, 2.24) is 15.1 Å². The van der Waals surface area contributed by atoms with Gasteiger partial charge >= 0.3 is 0 Å². The molecule has 1 aromatic heterocycles. The molecule has 1 N–H and O–H groups in total. The summed E-state index contributed by atoms with van der Waals surface area (Å²) in [4.78, 5) is 28.8. The summed E-state index contributed by atoms with van der Waals surface area (Å²) in [6.07, 6.45) is 0. The minimum absolute atomic E-state index is 0.197. The molecule has 0 atom stereocenters. The van der Waals surface area contributed by atoms with Gasteiger partial charge in [-0.15, -0.1) is 0 Å². The van der Waals surface area contributed by atoms with Gasteiger partial charge in [0.05, 0.1) is 12.8 Å². The van der Waals surface area contributed by atoms with Gasteiger partial charge < -0.3 is 14.5 Å². The zero-order chi connectivity index (χ0) is 18.0. The van der Waals surface area contributed by atoms with Crippen molar-refractivity contribution in [2.45, 2.75) is 13.8 Å². The highest BCUT2D eigenvalue weighted by atomic mass is 16.5. The molecule has 2 aromatic rings. The van der Waals surface area contributed by atoms with E-state index in [2.05, 4.69) is 15.1 Å². The Labute approximate surface area is 146 Å². The molecule has 0 bridgehead atoms. The second-order valence-electron chi connectivity index (χ2n) is 6.12. The number of nitrogens with zero attached hydrogens (tertiary/aromatic N) is 3. The number of H-pyrrole nitrogens is 1. The van der Waals surface area contributed by atoms with Gasteiger partial charge in [0.25, 0.3) is 11.5 Å². The normalized spacial score (nSPS) is 14.5. The maximum absolute atomic E-state index is 12.8. The minimum atomic E-state index is -0.427. The number of amides is 1. The Morgan fingerprint density at radius 3 is 2.60 bits per heavy atom. The molecule has 0 saturated carbocycles. The van der Waals surface area contributed by atoms with Crippen LogP contribution in [0.15, 0.2) is 29.1 Å². The lowest BCUT2D eigenvalue weighted by molar-refractivity contribution is 0.0743. The summed E-state index contributed by atoms with van der Waals surface area (Å²) < 4.78 is 5.27. The van der Waals surface area contributed by atoms with E-state index in [-0.39, 0.29) is 11.5 Å². The van der Waals surface area contributed by atoms with Crippen molar-refractivity contribution in [3.63, 3.8) is 0 Å². The van der Waals surface area contributed by atoms with Gasteiger partial charge in [0.15, 0.2) is 0 Å². The third-order valence-electron chi connectivity index (χ3n) is 4.67. The SMILES string of the molecule is COc1cccc(N2CCN(C(=O)c3c(C)c(C)n[nH]c3=O)CC2)c1. The predicted molar refractivity (Wildman–Crippen MR) is 95.4 cm³/mol. The number of carbonyl (C=O) groups excluding carboxylic acids is 1. The first-order chi connectivity index (χ1) is 12.0. The average Bonchev–Trinajstić information content (AvgIpc) is 2.65. The largest absolute Gasteiger partial charge is 0.497 e. The van der Waals surface area contributed by atoms with Crippen molar-refractivity contribution in [2.24, 2.45) is 0 Å². The molecule has 2 heterocycles. The van der Waals surface area contributed by atoms with Crippen molar-refractivity contribution >= 4 is 11.6 Å². The van der Waals surface area contributed by atoms with Crippen LogP contribution in [0.3, 0.4) is 0 Å². The number of aryl methyl sites for hydroxylation is 1. The van der Waals surface area contributed by atoms with Crippen LogP contribution in [-0.4, -0.2) is 54.3 Å². The molecule has 0 aliphatic carbocycles. The van der Waals surface area contributed by atoms with Crippen molar-refractivity contribution in [3.8, 4) is 5.75 Å². The molecule has 0 spiro atoms. The molecule has 132 valence electrons.